The van der Waals surface area contributed by atoms with Gasteiger partial charge in [-0.25, -0.2) is 4.79 Å². The van der Waals surface area contributed by atoms with Gasteiger partial charge in [-0.2, -0.15) is 0 Å². The Balaban J connectivity index is 1.33. The number of hydrogen-bond acceptors (Lipinski definition) is 5. The van der Waals surface area contributed by atoms with Crippen LogP contribution in [0.5, 0.6) is 5.75 Å². The summed E-state index contributed by atoms with van der Waals surface area (Å²) >= 11 is 12.2. The predicted molar refractivity (Wildman–Crippen MR) is 147 cm³/mol. The summed E-state index contributed by atoms with van der Waals surface area (Å²) in [5, 5.41) is 6.68. The minimum atomic E-state index is -0.721. The molecule has 2 aromatic carbocycles. The van der Waals surface area contributed by atoms with Crippen LogP contribution in [0.3, 0.4) is 0 Å². The minimum absolute atomic E-state index is 0.201. The maximum absolute atomic E-state index is 12.9. The third kappa shape index (κ3) is 7.50. The molecule has 1 aromatic heterocycles. The normalized spacial score (nSPS) is 13.7. The van der Waals surface area contributed by atoms with Crippen LogP contribution in [0.15, 0.2) is 60.9 Å². The van der Waals surface area contributed by atoms with Crippen LogP contribution in [0.25, 0.3) is 0 Å². The lowest BCUT2D eigenvalue weighted by Crippen LogP contribution is -2.38. The van der Waals surface area contributed by atoms with Crippen LogP contribution < -0.4 is 26.0 Å². The number of carbonyl (C=O) groups excluding carboxylic acids is 2. The zero-order chi connectivity index (χ0) is 26.2. The fourth-order valence-electron chi connectivity index (χ4n) is 4.30. The molecule has 0 spiro atoms. The molecule has 4 rings (SSSR count). The van der Waals surface area contributed by atoms with Crippen LogP contribution in [0.1, 0.15) is 28.8 Å². The van der Waals surface area contributed by atoms with Crippen molar-refractivity contribution < 1.29 is 14.3 Å². The van der Waals surface area contributed by atoms with Gasteiger partial charge in [-0.1, -0.05) is 29.3 Å². The molecule has 3 amide bonds. The lowest BCUT2D eigenvalue weighted by atomic mass is 9.96. The molecule has 1 aliphatic rings. The van der Waals surface area contributed by atoms with E-state index in [4.69, 9.17) is 33.7 Å². The van der Waals surface area contributed by atoms with Crippen molar-refractivity contribution in [3.63, 3.8) is 0 Å². The first-order valence-electron chi connectivity index (χ1n) is 12.1. The predicted octanol–water partition coefficient (Wildman–Crippen LogP) is 5.15. The van der Waals surface area contributed by atoms with Gasteiger partial charge in [0.05, 0.1) is 12.3 Å². The van der Waals surface area contributed by atoms with Crippen molar-refractivity contribution in [1.82, 2.24) is 10.3 Å². The van der Waals surface area contributed by atoms with Crippen molar-refractivity contribution in [3.8, 4) is 5.75 Å². The van der Waals surface area contributed by atoms with E-state index in [0.29, 0.717) is 45.9 Å². The number of amides is 3. The summed E-state index contributed by atoms with van der Waals surface area (Å²) in [5.74, 6) is 0.549. The van der Waals surface area contributed by atoms with Gasteiger partial charge >= 0.3 is 6.03 Å². The molecular formula is C27H29Cl2N5O3. The summed E-state index contributed by atoms with van der Waals surface area (Å²) in [4.78, 5) is 30.8. The van der Waals surface area contributed by atoms with Gasteiger partial charge in [-0.05, 0) is 66.8 Å². The van der Waals surface area contributed by atoms with Gasteiger partial charge in [-0.3, -0.25) is 9.78 Å². The molecule has 0 unspecified atom stereocenters. The molecule has 1 fully saturated rings. The number of rotatable bonds is 9. The van der Waals surface area contributed by atoms with Crippen LogP contribution in [0, 0.1) is 5.92 Å². The first kappa shape index (κ1) is 26.6. The van der Waals surface area contributed by atoms with Crippen molar-refractivity contribution in [1.29, 1.82) is 0 Å². The maximum Gasteiger partial charge on any atom is 0.316 e. The van der Waals surface area contributed by atoms with Gasteiger partial charge in [0.2, 0.25) is 0 Å². The SMILES string of the molecule is NC(=O)Nc1ccc(C(=O)NCC2CCN(c3ccncc3)CC2)cc1OCCc1ccc(Cl)cc1Cl. The van der Waals surface area contributed by atoms with E-state index in [1.165, 1.54) is 5.69 Å². The van der Waals surface area contributed by atoms with Crippen molar-refractivity contribution in [3.05, 3.63) is 82.1 Å². The zero-order valence-electron chi connectivity index (χ0n) is 20.3. The number of carbonyl (C=O) groups is 2. The number of hydrogen-bond donors (Lipinski definition) is 3. The molecule has 0 radical (unpaired) electrons. The molecule has 194 valence electrons. The summed E-state index contributed by atoms with van der Waals surface area (Å²) < 4.78 is 5.91. The van der Waals surface area contributed by atoms with Gasteiger partial charge in [-0.15, -0.1) is 0 Å². The van der Waals surface area contributed by atoms with Gasteiger partial charge in [0.15, 0.2) is 0 Å². The van der Waals surface area contributed by atoms with Crippen molar-refractivity contribution in [2.75, 3.05) is 36.5 Å². The fourth-order valence-corrected chi connectivity index (χ4v) is 4.81. The fraction of sp³-hybridized carbons (Fsp3) is 0.296. The zero-order valence-corrected chi connectivity index (χ0v) is 21.8. The highest BCUT2D eigenvalue weighted by Gasteiger charge is 2.20. The van der Waals surface area contributed by atoms with E-state index in [9.17, 15) is 9.59 Å². The van der Waals surface area contributed by atoms with Crippen LogP contribution in [0.2, 0.25) is 10.0 Å². The molecule has 1 aliphatic heterocycles. The van der Waals surface area contributed by atoms with E-state index in [0.717, 1.165) is 31.5 Å². The lowest BCUT2D eigenvalue weighted by Gasteiger charge is -2.33. The second kappa shape index (κ2) is 12.7. The highest BCUT2D eigenvalue weighted by atomic mass is 35.5. The number of nitrogens with two attached hydrogens (primary N) is 1. The highest BCUT2D eigenvalue weighted by molar-refractivity contribution is 6.35. The molecule has 4 N–H and O–H groups in total. The van der Waals surface area contributed by atoms with Gasteiger partial charge < -0.3 is 26.0 Å². The Morgan fingerprint density at radius 3 is 2.51 bits per heavy atom. The van der Waals surface area contributed by atoms with E-state index in [1.54, 1.807) is 42.7 Å². The second-order valence-corrected chi connectivity index (χ2v) is 9.72. The molecule has 0 saturated carbocycles. The highest BCUT2D eigenvalue weighted by Crippen LogP contribution is 2.28. The number of ether oxygens (including phenoxy) is 1. The summed E-state index contributed by atoms with van der Waals surface area (Å²) in [6.45, 7) is 2.74. The van der Waals surface area contributed by atoms with Crippen molar-refractivity contribution in [2.24, 2.45) is 11.7 Å². The number of primary amides is 1. The Kier molecular flexibility index (Phi) is 9.09. The van der Waals surface area contributed by atoms with Crippen LogP contribution in [-0.2, 0) is 6.42 Å². The quantitative estimate of drug-likeness (QED) is 0.347. The summed E-state index contributed by atoms with van der Waals surface area (Å²) in [6, 6.07) is 13.4. The molecular weight excluding hydrogens is 513 g/mol. The van der Waals surface area contributed by atoms with Crippen LogP contribution >= 0.6 is 23.2 Å². The lowest BCUT2D eigenvalue weighted by molar-refractivity contribution is 0.0944. The maximum atomic E-state index is 12.9. The number of benzene rings is 2. The molecule has 3 aromatic rings. The van der Waals surface area contributed by atoms with Gasteiger partial charge in [0.1, 0.15) is 5.75 Å². The van der Waals surface area contributed by atoms with E-state index < -0.39 is 6.03 Å². The van der Waals surface area contributed by atoms with Crippen LogP contribution in [-0.4, -0.2) is 43.2 Å². The largest absolute Gasteiger partial charge is 0.491 e. The Morgan fingerprint density at radius 1 is 1.05 bits per heavy atom. The average Bonchev–Trinajstić information content (AvgIpc) is 2.90. The van der Waals surface area contributed by atoms with E-state index >= 15 is 0 Å². The Morgan fingerprint density at radius 2 is 1.81 bits per heavy atom. The number of nitrogens with one attached hydrogen (secondary N) is 2. The third-order valence-corrected chi connectivity index (χ3v) is 6.93. The second-order valence-electron chi connectivity index (χ2n) is 8.88. The van der Waals surface area contributed by atoms with E-state index in [1.807, 2.05) is 18.2 Å². The first-order chi connectivity index (χ1) is 17.9. The molecule has 1 saturated heterocycles. The van der Waals surface area contributed by atoms with Gasteiger partial charge in [0, 0.05) is 59.7 Å². The Hall–Kier alpha value is -3.49. The van der Waals surface area contributed by atoms with E-state index in [2.05, 4.69) is 20.5 Å². The number of nitrogens with zero attached hydrogens (tertiary/aromatic N) is 2. The minimum Gasteiger partial charge on any atom is -0.491 e. The van der Waals surface area contributed by atoms with E-state index in [-0.39, 0.29) is 12.5 Å². The molecule has 0 bridgehead atoms. The molecule has 8 nitrogen and oxygen atoms in total. The molecule has 0 atom stereocenters. The summed E-state index contributed by atoms with van der Waals surface area (Å²) in [7, 11) is 0. The number of urea groups is 1. The Bertz CT molecular complexity index is 1230. The first-order valence-corrected chi connectivity index (χ1v) is 12.8. The Labute approximate surface area is 226 Å². The monoisotopic (exact) mass is 541 g/mol. The number of piperidine rings is 1. The van der Waals surface area contributed by atoms with Crippen molar-refractivity contribution >= 4 is 46.5 Å². The number of anilines is 2. The summed E-state index contributed by atoms with van der Waals surface area (Å²) in [5.41, 5.74) is 8.17. The number of pyridine rings is 1. The smallest absolute Gasteiger partial charge is 0.316 e. The standard InChI is InChI=1S/C27H29Cl2N5O3/c28-21-3-1-19(23(29)16-21)9-14-37-25-15-20(2-4-24(25)33-27(30)36)26(35)32-17-18-7-12-34(13-8-18)22-5-10-31-11-6-22/h1-6,10-11,15-16,18H,7-9,12-14,17H2,(H,32,35)(H3,30,33,36). The summed E-state index contributed by atoms with van der Waals surface area (Å²) in [6.07, 6.45) is 6.10. The number of halogens is 2. The van der Waals surface area contributed by atoms with Crippen LogP contribution in [0.4, 0.5) is 16.2 Å². The molecule has 10 heteroatoms. The molecule has 0 aliphatic carbocycles. The average molecular weight is 542 g/mol. The molecule has 2 heterocycles. The third-order valence-electron chi connectivity index (χ3n) is 6.34. The topological polar surface area (TPSA) is 110 Å². The van der Waals surface area contributed by atoms with Gasteiger partial charge in [0.25, 0.3) is 5.91 Å². The van der Waals surface area contributed by atoms with Crippen molar-refractivity contribution in [2.45, 2.75) is 19.3 Å². The number of aromatic nitrogens is 1. The molecule has 37 heavy (non-hydrogen) atoms.